The topological polar surface area (TPSA) is 3.24 Å². The zero-order valence-electron chi connectivity index (χ0n) is 41.8. The summed E-state index contributed by atoms with van der Waals surface area (Å²) < 4.78 is 0. The monoisotopic (exact) mass is 927 g/mol. The van der Waals surface area contributed by atoms with Gasteiger partial charge in [0.2, 0.25) is 0 Å². The van der Waals surface area contributed by atoms with E-state index in [4.69, 9.17) is 0 Å². The third-order valence-corrected chi connectivity index (χ3v) is 19.0. The summed E-state index contributed by atoms with van der Waals surface area (Å²) in [4.78, 5) is 2.72. The standard InChI is InChI=1S/C71H61N/c1-69(2,3)52-35-34-51-33-32-50-18-7-11-23-61(50)71(65(51)43-52)63-25-13-9-21-58(63)60-44-55(36-37-64(60)71)72(66-26-14-10-19-56(66)49-30-28-48(29-31-49)47-16-5-4-6-17-47)67-27-15-22-59-57-20-8-12-24-62(57)70(68(59)67)53-39-45-38-46(41-53)42-54(70)40-45/h4-31,34-37,43-46,53-54H,32-33,38-42H2,1-3H3. The van der Waals surface area contributed by atoms with Crippen molar-refractivity contribution in [1.82, 2.24) is 0 Å². The lowest BCUT2D eigenvalue weighted by molar-refractivity contribution is -0.0397. The molecule has 1 nitrogen and oxygen atoms in total. The summed E-state index contributed by atoms with van der Waals surface area (Å²) in [6.07, 6.45) is 8.87. The van der Waals surface area contributed by atoms with Gasteiger partial charge in [-0.05, 0) is 187 Å². The molecule has 7 aliphatic rings. The van der Waals surface area contributed by atoms with Crippen LogP contribution < -0.4 is 4.90 Å². The first-order valence-corrected chi connectivity index (χ1v) is 27.0. The van der Waals surface area contributed by atoms with E-state index >= 15 is 0 Å². The summed E-state index contributed by atoms with van der Waals surface area (Å²) in [5.74, 6) is 3.00. The molecule has 1 unspecified atom stereocenters. The van der Waals surface area contributed by atoms with Crippen LogP contribution >= 0.6 is 0 Å². The molecule has 350 valence electrons. The lowest BCUT2D eigenvalue weighted by Gasteiger charge is -2.61. The minimum absolute atomic E-state index is 0.00679. The lowest BCUT2D eigenvalue weighted by atomic mass is 9.43. The average Bonchev–Trinajstić information content (AvgIpc) is 3.83. The molecule has 1 heteroatoms. The van der Waals surface area contributed by atoms with Gasteiger partial charge in [-0.2, -0.15) is 0 Å². The fraction of sp³-hybridized carbons (Fsp3) is 0.239. The zero-order chi connectivity index (χ0) is 47.9. The van der Waals surface area contributed by atoms with Crippen LogP contribution in [0.1, 0.15) is 103 Å². The maximum atomic E-state index is 2.72. The molecule has 4 fully saturated rings. The minimum Gasteiger partial charge on any atom is -0.310 e. The van der Waals surface area contributed by atoms with E-state index < -0.39 is 5.41 Å². The third-order valence-electron chi connectivity index (χ3n) is 19.0. The first kappa shape index (κ1) is 42.5. The van der Waals surface area contributed by atoms with Gasteiger partial charge in [-0.1, -0.05) is 203 Å². The molecule has 0 radical (unpaired) electrons. The third kappa shape index (κ3) is 5.89. The van der Waals surface area contributed by atoms with E-state index in [0.29, 0.717) is 11.8 Å². The van der Waals surface area contributed by atoms with Gasteiger partial charge in [0.15, 0.2) is 0 Å². The van der Waals surface area contributed by atoms with Crippen molar-refractivity contribution in [2.24, 2.45) is 23.7 Å². The van der Waals surface area contributed by atoms with Gasteiger partial charge in [0.25, 0.3) is 0 Å². The van der Waals surface area contributed by atoms with Gasteiger partial charge in [-0.3, -0.25) is 0 Å². The lowest BCUT2D eigenvalue weighted by Crippen LogP contribution is -2.55. The molecule has 0 aromatic heterocycles. The number of para-hydroxylation sites is 1. The highest BCUT2D eigenvalue weighted by molar-refractivity contribution is 5.97. The molecule has 2 spiro atoms. The minimum atomic E-state index is -0.461. The molecule has 0 N–H and O–H groups in total. The van der Waals surface area contributed by atoms with Crippen molar-refractivity contribution in [3.8, 4) is 44.5 Å². The van der Waals surface area contributed by atoms with Gasteiger partial charge < -0.3 is 4.90 Å². The molecule has 0 aliphatic heterocycles. The van der Waals surface area contributed by atoms with E-state index in [1.807, 2.05) is 0 Å². The maximum absolute atomic E-state index is 2.72. The number of fused-ring (bicyclic) bond motifs is 12. The van der Waals surface area contributed by atoms with Crippen molar-refractivity contribution in [3.63, 3.8) is 0 Å². The van der Waals surface area contributed by atoms with Crippen LogP contribution in [0.4, 0.5) is 17.1 Å². The number of hydrogen-bond donors (Lipinski definition) is 0. The van der Waals surface area contributed by atoms with Gasteiger partial charge in [0.1, 0.15) is 0 Å². The Labute approximate surface area is 426 Å². The zero-order valence-corrected chi connectivity index (χ0v) is 41.8. The van der Waals surface area contributed by atoms with E-state index in [-0.39, 0.29) is 10.8 Å². The van der Waals surface area contributed by atoms with Crippen molar-refractivity contribution >= 4 is 17.1 Å². The Hall–Kier alpha value is -7.22. The van der Waals surface area contributed by atoms with Crippen LogP contribution in [0, 0.1) is 23.7 Å². The van der Waals surface area contributed by atoms with Crippen LogP contribution in [0.15, 0.2) is 206 Å². The van der Waals surface area contributed by atoms with Gasteiger partial charge in [-0.25, -0.2) is 0 Å². The molecule has 1 atom stereocenters. The van der Waals surface area contributed by atoms with Crippen LogP contribution in [-0.2, 0) is 29.1 Å². The van der Waals surface area contributed by atoms with E-state index in [2.05, 4.69) is 232 Å². The number of anilines is 3. The fourth-order valence-electron chi connectivity index (χ4n) is 16.3. The second kappa shape index (κ2) is 15.6. The molecule has 0 heterocycles. The molecule has 9 aromatic rings. The Morgan fingerprint density at radius 3 is 1.68 bits per heavy atom. The smallest absolute Gasteiger partial charge is 0.0719 e. The fourth-order valence-corrected chi connectivity index (χ4v) is 16.3. The second-order valence-electron chi connectivity index (χ2n) is 23.5. The molecule has 72 heavy (non-hydrogen) atoms. The summed E-state index contributed by atoms with van der Waals surface area (Å²) in [6, 6.07) is 80.3. The SMILES string of the molecule is CC(C)(C)c1ccc2c(c1)C1(c3ccccc3CC2)c2ccccc2-c2cc(N(c3ccccc3-c3ccc(-c4ccccc4)cc3)c3cccc4c3C3(c5ccccc5-4)C4CC5CC(C4)CC3C5)ccc21. The highest BCUT2D eigenvalue weighted by Gasteiger charge is 2.62. The molecule has 9 aromatic carbocycles. The van der Waals surface area contributed by atoms with Gasteiger partial charge >= 0.3 is 0 Å². The summed E-state index contributed by atoms with van der Waals surface area (Å²) >= 11 is 0. The van der Waals surface area contributed by atoms with E-state index in [9.17, 15) is 0 Å². The Morgan fingerprint density at radius 2 is 0.944 bits per heavy atom. The van der Waals surface area contributed by atoms with Crippen molar-refractivity contribution in [2.75, 3.05) is 4.90 Å². The number of rotatable bonds is 5. The Kier molecular flexibility index (Phi) is 9.22. The Balaban J connectivity index is 1.00. The van der Waals surface area contributed by atoms with Crippen molar-refractivity contribution in [3.05, 3.63) is 256 Å². The second-order valence-corrected chi connectivity index (χ2v) is 23.5. The molecular weight excluding hydrogens is 867 g/mol. The largest absolute Gasteiger partial charge is 0.310 e. The molecule has 7 aliphatic carbocycles. The van der Waals surface area contributed by atoms with Crippen LogP contribution in [0.25, 0.3) is 44.5 Å². The van der Waals surface area contributed by atoms with Crippen molar-refractivity contribution in [1.29, 1.82) is 0 Å². The van der Waals surface area contributed by atoms with E-state index in [1.54, 1.807) is 11.1 Å². The quantitative estimate of drug-likeness (QED) is 0.166. The van der Waals surface area contributed by atoms with Crippen LogP contribution in [0.3, 0.4) is 0 Å². The van der Waals surface area contributed by atoms with Gasteiger partial charge in [0, 0.05) is 16.7 Å². The predicted molar refractivity (Wildman–Crippen MR) is 299 cm³/mol. The summed E-state index contributed by atoms with van der Waals surface area (Å²) in [6.45, 7) is 7.10. The summed E-state index contributed by atoms with van der Waals surface area (Å²) in [5.41, 5.74) is 26.9. The summed E-state index contributed by atoms with van der Waals surface area (Å²) in [7, 11) is 0. The highest BCUT2D eigenvalue weighted by atomic mass is 15.2. The van der Waals surface area contributed by atoms with Crippen molar-refractivity contribution < 1.29 is 0 Å². The van der Waals surface area contributed by atoms with Crippen LogP contribution in [-0.4, -0.2) is 0 Å². The van der Waals surface area contributed by atoms with Crippen LogP contribution in [0.2, 0.25) is 0 Å². The Morgan fingerprint density at radius 1 is 0.389 bits per heavy atom. The van der Waals surface area contributed by atoms with Crippen LogP contribution in [0.5, 0.6) is 0 Å². The molecule has 16 rings (SSSR count). The molecule has 4 bridgehead atoms. The predicted octanol–water partition coefficient (Wildman–Crippen LogP) is 18.0. The highest BCUT2D eigenvalue weighted by Crippen LogP contribution is 2.71. The van der Waals surface area contributed by atoms with E-state index in [0.717, 1.165) is 24.7 Å². The first-order chi connectivity index (χ1) is 35.3. The number of benzene rings is 9. The van der Waals surface area contributed by atoms with E-state index in [1.165, 1.54) is 133 Å². The number of hydrogen-bond acceptors (Lipinski definition) is 1. The number of nitrogens with zero attached hydrogens (tertiary/aromatic N) is 1. The molecule has 0 amide bonds. The summed E-state index contributed by atoms with van der Waals surface area (Å²) in [5, 5.41) is 0. The average molecular weight is 928 g/mol. The number of aryl methyl sites for hydroxylation is 2. The van der Waals surface area contributed by atoms with Gasteiger partial charge in [0.05, 0.1) is 16.8 Å². The molecular formula is C71H61N. The van der Waals surface area contributed by atoms with Crippen molar-refractivity contribution in [2.45, 2.75) is 82.0 Å². The Bertz CT molecular complexity index is 3610. The molecule has 0 saturated heterocycles. The molecule has 4 saturated carbocycles. The normalized spacial score (nSPS) is 23.5. The van der Waals surface area contributed by atoms with Gasteiger partial charge in [-0.15, -0.1) is 0 Å². The first-order valence-electron chi connectivity index (χ1n) is 27.0. The maximum Gasteiger partial charge on any atom is 0.0719 e.